The van der Waals surface area contributed by atoms with Crippen LogP contribution in [0.2, 0.25) is 0 Å². The van der Waals surface area contributed by atoms with Crippen molar-refractivity contribution in [3.63, 3.8) is 0 Å². The van der Waals surface area contributed by atoms with Crippen molar-refractivity contribution in [3.05, 3.63) is 0 Å². The van der Waals surface area contributed by atoms with Gasteiger partial charge in [0, 0.05) is 58.4 Å². The summed E-state index contributed by atoms with van der Waals surface area (Å²) in [6, 6.07) is 0.997. The Morgan fingerprint density at radius 3 is 2.32 bits per heavy atom. The number of likely N-dealkylation sites (N-methyl/N-ethyl adjacent to an activating group) is 1. The number of hydrogen-bond donors (Lipinski definition) is 2. The molecule has 0 aromatic heterocycles. The molecule has 31 heavy (non-hydrogen) atoms. The quantitative estimate of drug-likeness (QED) is 0.296. The fourth-order valence-electron chi connectivity index (χ4n) is 3.82. The van der Waals surface area contributed by atoms with Gasteiger partial charge in [-0.1, -0.05) is 6.92 Å². The first kappa shape index (κ1) is 27.7. The van der Waals surface area contributed by atoms with Crippen molar-refractivity contribution in [1.29, 1.82) is 0 Å². The lowest BCUT2D eigenvalue weighted by molar-refractivity contribution is -0.127. The topological polar surface area (TPSA) is 89.5 Å². The number of aliphatic imine (C=N–C) groups is 1. The average molecular weight is 553 g/mol. The first-order chi connectivity index (χ1) is 14.2. The maximum Gasteiger partial charge on any atom is 0.409 e. The lowest BCUT2D eigenvalue weighted by Crippen LogP contribution is -2.53. The third-order valence-electron chi connectivity index (χ3n) is 5.93. The Labute approximate surface area is 204 Å². The Kier molecular flexibility index (Phi) is 11.9. The summed E-state index contributed by atoms with van der Waals surface area (Å²) in [6.45, 7) is 12.3. The number of piperidine rings is 1. The smallest absolute Gasteiger partial charge is 0.409 e. The van der Waals surface area contributed by atoms with Gasteiger partial charge in [0.05, 0.1) is 6.61 Å². The summed E-state index contributed by atoms with van der Waals surface area (Å²) in [5, 5.41) is 7.07. The number of ether oxygens (including phenoxy) is 1. The summed E-state index contributed by atoms with van der Waals surface area (Å²) in [5.41, 5.74) is 0. The SMILES string of the molecule is CCOC(=O)N1CCC(NC(=NCC(=O)N(C)C)NC2CN(C(C)C)CC2C)CC1.I. The fraction of sp³-hybridized carbons (Fsp3) is 0.857. The third kappa shape index (κ3) is 8.63. The highest BCUT2D eigenvalue weighted by Gasteiger charge is 2.32. The Morgan fingerprint density at radius 1 is 1.16 bits per heavy atom. The second-order valence-corrected chi connectivity index (χ2v) is 8.83. The van der Waals surface area contributed by atoms with Crippen molar-refractivity contribution in [3.8, 4) is 0 Å². The van der Waals surface area contributed by atoms with Crippen molar-refractivity contribution in [2.24, 2.45) is 10.9 Å². The number of carbonyl (C=O) groups is 2. The molecule has 0 aromatic rings. The predicted octanol–water partition coefficient (Wildman–Crippen LogP) is 1.58. The molecule has 2 aliphatic rings. The molecule has 2 N–H and O–H groups in total. The zero-order chi connectivity index (χ0) is 22.3. The molecule has 2 rings (SSSR count). The largest absolute Gasteiger partial charge is 0.450 e. The van der Waals surface area contributed by atoms with Crippen molar-refractivity contribution in [2.75, 3.05) is 53.4 Å². The number of nitrogens with zero attached hydrogens (tertiary/aromatic N) is 4. The molecule has 2 heterocycles. The molecule has 2 aliphatic heterocycles. The minimum atomic E-state index is -0.242. The lowest BCUT2D eigenvalue weighted by atomic mass is 10.1. The van der Waals surface area contributed by atoms with Gasteiger partial charge in [-0.05, 0) is 39.5 Å². The van der Waals surface area contributed by atoms with Crippen LogP contribution in [0.25, 0.3) is 0 Å². The summed E-state index contributed by atoms with van der Waals surface area (Å²) in [7, 11) is 3.48. The first-order valence-electron chi connectivity index (χ1n) is 11.1. The number of halogens is 1. The Balaban J connectivity index is 0.00000480. The van der Waals surface area contributed by atoms with E-state index in [-0.39, 0.29) is 54.6 Å². The molecule has 2 saturated heterocycles. The predicted molar refractivity (Wildman–Crippen MR) is 134 cm³/mol. The van der Waals surface area contributed by atoms with Crippen LogP contribution >= 0.6 is 24.0 Å². The van der Waals surface area contributed by atoms with Crippen LogP contribution in [0.15, 0.2) is 4.99 Å². The standard InChI is InChI=1S/C21H40N6O3.HI/c1-7-30-21(29)26-10-8-17(9-11-26)23-20(22-12-19(28)25(5)6)24-18-14-27(15(2)3)13-16(18)4;/h15-18H,7-14H2,1-6H3,(H2,22,23,24);1H. The molecule has 2 amide bonds. The van der Waals surface area contributed by atoms with Crippen LogP contribution in [-0.4, -0.2) is 104 Å². The maximum absolute atomic E-state index is 12.1. The van der Waals surface area contributed by atoms with Gasteiger partial charge in [-0.3, -0.25) is 9.69 Å². The van der Waals surface area contributed by atoms with Gasteiger partial charge in [0.1, 0.15) is 6.54 Å². The van der Waals surface area contributed by atoms with Crippen molar-refractivity contribution >= 4 is 41.9 Å². The molecule has 2 fully saturated rings. The summed E-state index contributed by atoms with van der Waals surface area (Å²) in [4.78, 5) is 34.3. The molecular formula is C21H41IN6O3. The highest BCUT2D eigenvalue weighted by atomic mass is 127. The van der Waals surface area contributed by atoms with E-state index in [9.17, 15) is 9.59 Å². The van der Waals surface area contributed by atoms with Gasteiger partial charge < -0.3 is 25.2 Å². The van der Waals surface area contributed by atoms with E-state index in [0.29, 0.717) is 37.6 Å². The molecule has 180 valence electrons. The molecular weight excluding hydrogens is 511 g/mol. The Hall–Kier alpha value is -1.30. The van der Waals surface area contributed by atoms with Gasteiger partial charge in [-0.25, -0.2) is 9.79 Å². The maximum atomic E-state index is 12.1. The normalized spacial score (nSPS) is 22.8. The number of guanidine groups is 1. The number of nitrogens with one attached hydrogen (secondary N) is 2. The fourth-order valence-corrected chi connectivity index (χ4v) is 3.82. The van der Waals surface area contributed by atoms with E-state index in [2.05, 4.69) is 41.3 Å². The van der Waals surface area contributed by atoms with Gasteiger partial charge in [-0.15, -0.1) is 24.0 Å². The number of likely N-dealkylation sites (tertiary alicyclic amines) is 2. The van der Waals surface area contributed by atoms with Crippen LogP contribution < -0.4 is 10.6 Å². The molecule has 10 heteroatoms. The zero-order valence-electron chi connectivity index (χ0n) is 19.9. The summed E-state index contributed by atoms with van der Waals surface area (Å²) >= 11 is 0. The van der Waals surface area contributed by atoms with E-state index in [0.717, 1.165) is 25.9 Å². The second kappa shape index (κ2) is 13.3. The van der Waals surface area contributed by atoms with Crippen LogP contribution in [0, 0.1) is 5.92 Å². The Bertz CT molecular complexity index is 608. The van der Waals surface area contributed by atoms with Crippen LogP contribution in [0.5, 0.6) is 0 Å². The third-order valence-corrected chi connectivity index (χ3v) is 5.93. The average Bonchev–Trinajstić information content (AvgIpc) is 3.07. The minimum absolute atomic E-state index is 0. The molecule has 0 radical (unpaired) electrons. The van der Waals surface area contributed by atoms with E-state index in [1.807, 2.05) is 6.92 Å². The second-order valence-electron chi connectivity index (χ2n) is 8.83. The molecule has 0 spiro atoms. The number of amides is 2. The number of carbonyl (C=O) groups excluding carboxylic acids is 2. The van der Waals surface area contributed by atoms with Gasteiger partial charge >= 0.3 is 6.09 Å². The Morgan fingerprint density at radius 2 is 1.81 bits per heavy atom. The number of rotatable bonds is 6. The van der Waals surface area contributed by atoms with Gasteiger partial charge in [-0.2, -0.15) is 0 Å². The van der Waals surface area contributed by atoms with E-state index >= 15 is 0 Å². The highest BCUT2D eigenvalue weighted by Crippen LogP contribution is 2.19. The van der Waals surface area contributed by atoms with Crippen molar-refractivity contribution in [1.82, 2.24) is 25.3 Å². The number of hydrogen-bond acceptors (Lipinski definition) is 5. The van der Waals surface area contributed by atoms with Crippen LogP contribution in [0.1, 0.15) is 40.5 Å². The lowest BCUT2D eigenvalue weighted by Gasteiger charge is -2.33. The minimum Gasteiger partial charge on any atom is -0.450 e. The van der Waals surface area contributed by atoms with E-state index in [1.165, 1.54) is 0 Å². The molecule has 2 unspecified atom stereocenters. The van der Waals surface area contributed by atoms with E-state index in [4.69, 9.17) is 4.74 Å². The highest BCUT2D eigenvalue weighted by molar-refractivity contribution is 14.0. The molecule has 9 nitrogen and oxygen atoms in total. The molecule has 0 aromatic carbocycles. The van der Waals surface area contributed by atoms with E-state index in [1.54, 1.807) is 23.9 Å². The summed E-state index contributed by atoms with van der Waals surface area (Å²) in [5.74, 6) is 1.15. The summed E-state index contributed by atoms with van der Waals surface area (Å²) in [6.07, 6.45) is 1.40. The molecule has 0 bridgehead atoms. The van der Waals surface area contributed by atoms with Gasteiger partial charge in [0.15, 0.2) is 5.96 Å². The molecule has 2 atom stereocenters. The first-order valence-corrected chi connectivity index (χ1v) is 11.1. The zero-order valence-corrected chi connectivity index (χ0v) is 22.2. The van der Waals surface area contributed by atoms with Crippen molar-refractivity contribution < 1.29 is 14.3 Å². The van der Waals surface area contributed by atoms with Gasteiger partial charge in [0.25, 0.3) is 0 Å². The van der Waals surface area contributed by atoms with E-state index < -0.39 is 0 Å². The van der Waals surface area contributed by atoms with Crippen molar-refractivity contribution in [2.45, 2.75) is 58.7 Å². The summed E-state index contributed by atoms with van der Waals surface area (Å²) < 4.78 is 5.10. The van der Waals surface area contributed by atoms with Gasteiger partial charge in [0.2, 0.25) is 5.91 Å². The van der Waals surface area contributed by atoms with Crippen LogP contribution in [0.3, 0.4) is 0 Å². The molecule has 0 aliphatic carbocycles. The van der Waals surface area contributed by atoms with Crippen LogP contribution in [0.4, 0.5) is 4.79 Å². The monoisotopic (exact) mass is 552 g/mol. The molecule has 0 saturated carbocycles. The van der Waals surface area contributed by atoms with Crippen LogP contribution in [-0.2, 0) is 9.53 Å².